The number of halogens is 2. The van der Waals surface area contributed by atoms with Crippen molar-refractivity contribution in [2.24, 2.45) is 5.92 Å². The minimum atomic E-state index is -1.16. The minimum Gasteiger partial charge on any atom is -0.461 e. The quantitative estimate of drug-likeness (QED) is 0.732. The van der Waals surface area contributed by atoms with E-state index >= 15 is 0 Å². The van der Waals surface area contributed by atoms with Crippen molar-refractivity contribution in [3.05, 3.63) is 22.6 Å². The molecule has 2 aliphatic heterocycles. The molecule has 2 aliphatic rings. The Labute approximate surface area is 111 Å². The third kappa shape index (κ3) is 1.53. The molecule has 4 atom stereocenters. The van der Waals surface area contributed by atoms with Crippen molar-refractivity contribution in [1.29, 1.82) is 0 Å². The molecule has 1 fully saturated rings. The summed E-state index contributed by atoms with van der Waals surface area (Å²) in [5.74, 6) is -0.297. The summed E-state index contributed by atoms with van der Waals surface area (Å²) in [5.41, 5.74) is -1.13. The first-order valence-electron chi connectivity index (χ1n) is 5.67. The van der Waals surface area contributed by atoms with Gasteiger partial charge in [0.05, 0.1) is 0 Å². The van der Waals surface area contributed by atoms with Crippen LogP contribution in [0.3, 0.4) is 0 Å². The van der Waals surface area contributed by atoms with E-state index in [0.717, 1.165) is 0 Å². The molecule has 0 spiro atoms. The number of rotatable bonds is 1. The van der Waals surface area contributed by atoms with Gasteiger partial charge in [0.15, 0.2) is 12.4 Å². The molecule has 0 N–H and O–H groups in total. The van der Waals surface area contributed by atoms with Gasteiger partial charge in [-0.2, -0.15) is 4.98 Å². The van der Waals surface area contributed by atoms with Crippen LogP contribution in [-0.4, -0.2) is 33.3 Å². The van der Waals surface area contributed by atoms with E-state index in [-0.39, 0.29) is 18.5 Å². The lowest BCUT2D eigenvalue weighted by Crippen LogP contribution is -2.43. The van der Waals surface area contributed by atoms with Crippen LogP contribution in [0.2, 0.25) is 0 Å². The lowest BCUT2D eigenvalue weighted by Gasteiger charge is -2.29. The molecular weight excluding hydrogens is 307 g/mol. The van der Waals surface area contributed by atoms with Crippen molar-refractivity contribution in [2.75, 3.05) is 11.9 Å². The van der Waals surface area contributed by atoms with Crippen LogP contribution in [0.4, 0.5) is 4.39 Å². The van der Waals surface area contributed by atoms with Crippen molar-refractivity contribution in [2.45, 2.75) is 24.9 Å². The Bertz CT molecular complexity index is 537. The zero-order chi connectivity index (χ0) is 12.9. The zero-order valence-electron chi connectivity index (χ0n) is 9.68. The lowest BCUT2D eigenvalue weighted by atomic mass is 9.90. The Hall–Kier alpha value is -0.950. The summed E-state index contributed by atoms with van der Waals surface area (Å²) in [6, 6.07) is 1.39. The SMILES string of the molecule is C[C@H]1[C@@H](F)[C@H]2O[C@]1(CBr)COc1nc(=O)ccn12. The first-order valence-corrected chi connectivity index (χ1v) is 6.79. The Morgan fingerprint density at radius 2 is 2.50 bits per heavy atom. The molecule has 2 bridgehead atoms. The monoisotopic (exact) mass is 318 g/mol. The van der Waals surface area contributed by atoms with E-state index < -0.39 is 23.6 Å². The van der Waals surface area contributed by atoms with Gasteiger partial charge in [-0.05, 0) is 0 Å². The van der Waals surface area contributed by atoms with Crippen LogP contribution in [0.25, 0.3) is 0 Å². The Morgan fingerprint density at radius 3 is 3.22 bits per heavy atom. The molecule has 98 valence electrons. The molecule has 3 heterocycles. The maximum Gasteiger partial charge on any atom is 0.302 e. The average molecular weight is 319 g/mol. The first kappa shape index (κ1) is 12.1. The van der Waals surface area contributed by atoms with E-state index in [0.29, 0.717) is 5.33 Å². The normalized spacial score (nSPS) is 37.8. The number of aromatic nitrogens is 2. The maximum absolute atomic E-state index is 14.3. The highest BCUT2D eigenvalue weighted by atomic mass is 79.9. The summed E-state index contributed by atoms with van der Waals surface area (Å²) in [6.45, 7) is 1.98. The number of fused-ring (bicyclic) bond motifs is 4. The molecule has 0 saturated carbocycles. The predicted octanol–water partition coefficient (Wildman–Crippen LogP) is 1.27. The number of ether oxygens (including phenoxy) is 2. The fourth-order valence-electron chi connectivity index (χ4n) is 2.40. The highest BCUT2D eigenvalue weighted by molar-refractivity contribution is 9.09. The summed E-state index contributed by atoms with van der Waals surface area (Å²) >= 11 is 3.35. The smallest absolute Gasteiger partial charge is 0.302 e. The predicted molar refractivity (Wildman–Crippen MR) is 64.7 cm³/mol. The van der Waals surface area contributed by atoms with Gasteiger partial charge in [0, 0.05) is 23.5 Å². The Morgan fingerprint density at radius 1 is 1.72 bits per heavy atom. The van der Waals surface area contributed by atoms with Gasteiger partial charge in [-0.25, -0.2) is 4.39 Å². The van der Waals surface area contributed by atoms with E-state index in [1.807, 2.05) is 0 Å². The van der Waals surface area contributed by atoms with E-state index in [9.17, 15) is 9.18 Å². The molecule has 5 nitrogen and oxygen atoms in total. The second kappa shape index (κ2) is 4.03. The fraction of sp³-hybridized carbons (Fsp3) is 0.636. The van der Waals surface area contributed by atoms with Crippen LogP contribution >= 0.6 is 15.9 Å². The van der Waals surface area contributed by atoms with E-state index in [2.05, 4.69) is 20.9 Å². The van der Waals surface area contributed by atoms with Gasteiger partial charge < -0.3 is 9.47 Å². The van der Waals surface area contributed by atoms with Crippen LogP contribution in [0, 0.1) is 5.92 Å². The molecule has 0 aromatic carbocycles. The van der Waals surface area contributed by atoms with Crippen molar-refractivity contribution < 1.29 is 13.9 Å². The minimum absolute atomic E-state index is 0.116. The van der Waals surface area contributed by atoms with E-state index in [1.165, 1.54) is 16.8 Å². The second-order valence-corrected chi connectivity index (χ2v) is 5.24. The zero-order valence-corrected chi connectivity index (χ0v) is 11.3. The fourth-order valence-corrected chi connectivity index (χ4v) is 3.21. The molecule has 0 aliphatic carbocycles. The van der Waals surface area contributed by atoms with Gasteiger partial charge in [0.25, 0.3) is 5.56 Å². The molecular formula is C11H12BrFN2O3. The highest BCUT2D eigenvalue weighted by Crippen LogP contribution is 2.47. The second-order valence-electron chi connectivity index (χ2n) is 4.68. The summed E-state index contributed by atoms with van der Waals surface area (Å²) in [7, 11) is 0. The molecule has 0 amide bonds. The van der Waals surface area contributed by atoms with Crippen LogP contribution in [-0.2, 0) is 4.74 Å². The number of hydrogen-bond acceptors (Lipinski definition) is 4. The molecule has 1 aromatic rings. The third-order valence-electron chi connectivity index (χ3n) is 3.69. The van der Waals surface area contributed by atoms with Gasteiger partial charge in [0.2, 0.25) is 0 Å². The molecule has 18 heavy (non-hydrogen) atoms. The van der Waals surface area contributed by atoms with Gasteiger partial charge in [-0.15, -0.1) is 0 Å². The highest BCUT2D eigenvalue weighted by Gasteiger charge is 2.56. The van der Waals surface area contributed by atoms with Crippen LogP contribution in [0.15, 0.2) is 17.1 Å². The van der Waals surface area contributed by atoms with Crippen LogP contribution in [0.1, 0.15) is 13.2 Å². The summed E-state index contributed by atoms with van der Waals surface area (Å²) in [4.78, 5) is 14.9. The average Bonchev–Trinajstić information content (AvgIpc) is 2.54. The number of hydrogen-bond donors (Lipinski definition) is 0. The van der Waals surface area contributed by atoms with Gasteiger partial charge >= 0.3 is 6.01 Å². The van der Waals surface area contributed by atoms with Gasteiger partial charge in [-0.3, -0.25) is 9.36 Å². The summed E-state index contributed by atoms with van der Waals surface area (Å²) in [5, 5.41) is 0.469. The Balaban J connectivity index is 2.11. The van der Waals surface area contributed by atoms with E-state index in [1.54, 1.807) is 6.92 Å². The molecule has 0 unspecified atom stereocenters. The number of alkyl halides is 2. The van der Waals surface area contributed by atoms with Crippen molar-refractivity contribution >= 4 is 15.9 Å². The molecule has 0 radical (unpaired) electrons. The Kier molecular flexibility index (Phi) is 2.71. The standard InChI is InChI=1S/C11H12BrFN2O3/c1-6-8(13)9-15-3-2-7(16)14-10(15)17-5-11(6,4-12)18-9/h2-3,6,8-9H,4-5H2,1H3/t6-,8+,9+,11+/m0/s1. The van der Waals surface area contributed by atoms with E-state index in [4.69, 9.17) is 9.47 Å². The van der Waals surface area contributed by atoms with Crippen LogP contribution < -0.4 is 10.3 Å². The molecule has 1 aromatic heterocycles. The van der Waals surface area contributed by atoms with Gasteiger partial charge in [0.1, 0.15) is 12.2 Å². The molecule has 1 saturated heterocycles. The van der Waals surface area contributed by atoms with Crippen LogP contribution in [0.5, 0.6) is 6.01 Å². The topological polar surface area (TPSA) is 53.4 Å². The van der Waals surface area contributed by atoms with Crippen molar-refractivity contribution in [3.63, 3.8) is 0 Å². The first-order chi connectivity index (χ1) is 8.57. The van der Waals surface area contributed by atoms with Gasteiger partial charge in [-0.1, -0.05) is 22.9 Å². The molecule has 3 rings (SSSR count). The maximum atomic E-state index is 14.3. The van der Waals surface area contributed by atoms with Crippen molar-refractivity contribution in [1.82, 2.24) is 9.55 Å². The summed E-state index contributed by atoms with van der Waals surface area (Å²) in [6.07, 6.45) is -0.484. The van der Waals surface area contributed by atoms with Crippen molar-refractivity contribution in [3.8, 4) is 6.01 Å². The third-order valence-corrected chi connectivity index (χ3v) is 4.63. The number of nitrogens with zero attached hydrogens (tertiary/aromatic N) is 2. The molecule has 7 heteroatoms. The largest absolute Gasteiger partial charge is 0.461 e. The summed E-state index contributed by atoms with van der Waals surface area (Å²) < 4.78 is 27.1. The lowest BCUT2D eigenvalue weighted by molar-refractivity contribution is -0.0746.